The van der Waals surface area contributed by atoms with Crippen molar-refractivity contribution in [2.45, 2.75) is 25.9 Å². The number of aliphatic imine (C=N–C) groups is 1. The number of nitrogens with zero attached hydrogens (tertiary/aromatic N) is 2. The summed E-state index contributed by atoms with van der Waals surface area (Å²) in [6.07, 6.45) is 3.01. The maximum atomic E-state index is 5.91. The number of aryl methyl sites for hydroxylation is 1. The summed E-state index contributed by atoms with van der Waals surface area (Å²) in [5, 5.41) is 0. The molecular formula is C22H22N2O. The summed E-state index contributed by atoms with van der Waals surface area (Å²) in [7, 11) is 0. The quantitative estimate of drug-likeness (QED) is 0.687. The van der Waals surface area contributed by atoms with Crippen LogP contribution in [0.15, 0.2) is 77.9 Å². The van der Waals surface area contributed by atoms with Crippen molar-refractivity contribution in [2.24, 2.45) is 4.99 Å². The predicted octanol–water partition coefficient (Wildman–Crippen LogP) is 4.23. The van der Waals surface area contributed by atoms with Crippen LogP contribution in [0.3, 0.4) is 0 Å². The summed E-state index contributed by atoms with van der Waals surface area (Å²) in [6.45, 7) is 3.61. The summed E-state index contributed by atoms with van der Waals surface area (Å²) in [6, 6.07) is 23.4. The molecule has 2 aromatic carbocycles. The van der Waals surface area contributed by atoms with Gasteiger partial charge in [0, 0.05) is 12.7 Å². The molecule has 0 saturated carbocycles. The molecule has 3 heteroatoms. The summed E-state index contributed by atoms with van der Waals surface area (Å²) in [4.78, 5) is 4.82. The van der Waals surface area contributed by atoms with Gasteiger partial charge in [-0.05, 0) is 36.6 Å². The van der Waals surface area contributed by atoms with Crippen LogP contribution in [0.2, 0.25) is 0 Å². The maximum absolute atomic E-state index is 5.91. The van der Waals surface area contributed by atoms with Gasteiger partial charge >= 0.3 is 0 Å². The lowest BCUT2D eigenvalue weighted by molar-refractivity contribution is 0.315. The highest BCUT2D eigenvalue weighted by atomic mass is 16.5. The van der Waals surface area contributed by atoms with Gasteiger partial charge in [0.05, 0.1) is 6.04 Å². The van der Waals surface area contributed by atoms with E-state index in [0.29, 0.717) is 6.61 Å². The molecule has 126 valence electrons. The minimum absolute atomic E-state index is 0.194. The van der Waals surface area contributed by atoms with E-state index in [9.17, 15) is 0 Å². The molecule has 3 nitrogen and oxygen atoms in total. The second kappa shape index (κ2) is 6.98. The Morgan fingerprint density at radius 1 is 1.00 bits per heavy atom. The van der Waals surface area contributed by atoms with E-state index in [4.69, 9.17) is 9.73 Å². The smallest absolute Gasteiger partial charge is 0.233 e. The molecule has 0 aliphatic carbocycles. The maximum Gasteiger partial charge on any atom is 0.233 e. The van der Waals surface area contributed by atoms with Gasteiger partial charge < -0.3 is 9.30 Å². The lowest BCUT2D eigenvalue weighted by Crippen LogP contribution is -2.11. The van der Waals surface area contributed by atoms with E-state index < -0.39 is 0 Å². The number of benzene rings is 2. The van der Waals surface area contributed by atoms with Crippen LogP contribution in [-0.4, -0.2) is 23.1 Å². The van der Waals surface area contributed by atoms with Crippen molar-refractivity contribution in [3.8, 4) is 0 Å². The lowest BCUT2D eigenvalue weighted by atomic mass is 10.1. The van der Waals surface area contributed by atoms with Crippen LogP contribution in [0.25, 0.3) is 0 Å². The first-order chi connectivity index (χ1) is 12.3. The Kier molecular flexibility index (Phi) is 4.38. The van der Waals surface area contributed by atoms with Gasteiger partial charge in [0.15, 0.2) is 0 Å². The van der Waals surface area contributed by atoms with Crippen molar-refractivity contribution in [1.82, 2.24) is 4.57 Å². The summed E-state index contributed by atoms with van der Waals surface area (Å²) in [5.74, 6) is 0.763. The first-order valence-electron chi connectivity index (χ1n) is 8.73. The Labute approximate surface area is 148 Å². The molecule has 0 bridgehead atoms. The molecule has 0 fully saturated rings. The second-order valence-corrected chi connectivity index (χ2v) is 6.60. The molecule has 4 rings (SSSR count). The molecule has 2 heterocycles. The third-order valence-electron chi connectivity index (χ3n) is 4.51. The zero-order valence-corrected chi connectivity index (χ0v) is 14.4. The summed E-state index contributed by atoms with van der Waals surface area (Å²) in [5.41, 5.74) is 4.92. The van der Waals surface area contributed by atoms with E-state index in [1.165, 1.54) is 16.7 Å². The van der Waals surface area contributed by atoms with Gasteiger partial charge in [-0.15, -0.1) is 0 Å². The van der Waals surface area contributed by atoms with Gasteiger partial charge in [0.25, 0.3) is 0 Å². The molecule has 0 spiro atoms. The highest BCUT2D eigenvalue weighted by molar-refractivity contribution is 5.93. The van der Waals surface area contributed by atoms with Crippen LogP contribution >= 0.6 is 0 Å². The molecule has 1 aliphatic rings. The van der Waals surface area contributed by atoms with Crippen molar-refractivity contribution in [3.63, 3.8) is 0 Å². The van der Waals surface area contributed by atoms with E-state index in [0.717, 1.165) is 24.6 Å². The van der Waals surface area contributed by atoms with E-state index in [1.54, 1.807) is 0 Å². The zero-order chi connectivity index (χ0) is 17.1. The highest BCUT2D eigenvalue weighted by Gasteiger charge is 2.22. The molecule has 1 aromatic heterocycles. The lowest BCUT2D eigenvalue weighted by Gasteiger charge is -2.09. The largest absolute Gasteiger partial charge is 0.474 e. The fraction of sp³-hybridized carbons (Fsp3) is 0.227. The van der Waals surface area contributed by atoms with Crippen LogP contribution < -0.4 is 0 Å². The highest BCUT2D eigenvalue weighted by Crippen LogP contribution is 2.18. The normalized spacial score (nSPS) is 16.5. The standard InChI is InChI=1S/C22H22N2O/c1-17-7-5-10-19(13-17)15-24-12-6-11-21(24)22-23-20(16-25-22)14-18-8-3-2-4-9-18/h2-13,20H,14-16H2,1H3. The van der Waals surface area contributed by atoms with Crippen molar-refractivity contribution in [2.75, 3.05) is 6.61 Å². The van der Waals surface area contributed by atoms with Gasteiger partial charge in [-0.2, -0.15) is 0 Å². The van der Waals surface area contributed by atoms with Crippen molar-refractivity contribution >= 4 is 5.90 Å². The van der Waals surface area contributed by atoms with Gasteiger partial charge in [-0.3, -0.25) is 0 Å². The summed E-state index contributed by atoms with van der Waals surface area (Å²) < 4.78 is 8.12. The van der Waals surface area contributed by atoms with E-state index in [2.05, 4.69) is 78.4 Å². The van der Waals surface area contributed by atoms with Crippen molar-refractivity contribution in [3.05, 3.63) is 95.3 Å². The van der Waals surface area contributed by atoms with E-state index >= 15 is 0 Å². The second-order valence-electron chi connectivity index (χ2n) is 6.60. The van der Waals surface area contributed by atoms with E-state index in [1.807, 2.05) is 6.07 Å². The number of aromatic nitrogens is 1. The Morgan fingerprint density at radius 3 is 2.68 bits per heavy atom. The zero-order valence-electron chi connectivity index (χ0n) is 14.4. The molecule has 1 atom stereocenters. The first kappa shape index (κ1) is 15.7. The average Bonchev–Trinajstić information content (AvgIpc) is 3.25. The molecule has 3 aromatic rings. The van der Waals surface area contributed by atoms with Crippen LogP contribution in [0.1, 0.15) is 22.4 Å². The van der Waals surface area contributed by atoms with Crippen LogP contribution in [-0.2, 0) is 17.7 Å². The van der Waals surface area contributed by atoms with Gasteiger partial charge in [0.1, 0.15) is 12.3 Å². The van der Waals surface area contributed by atoms with Crippen molar-refractivity contribution in [1.29, 1.82) is 0 Å². The molecule has 0 saturated heterocycles. The third-order valence-corrected chi connectivity index (χ3v) is 4.51. The summed E-state index contributed by atoms with van der Waals surface area (Å²) >= 11 is 0. The molecule has 0 N–H and O–H groups in total. The average molecular weight is 330 g/mol. The number of rotatable bonds is 5. The molecule has 25 heavy (non-hydrogen) atoms. The van der Waals surface area contributed by atoms with Crippen LogP contribution in [0.4, 0.5) is 0 Å². The molecule has 1 aliphatic heterocycles. The number of ether oxygens (including phenoxy) is 1. The Bertz CT molecular complexity index is 880. The monoisotopic (exact) mass is 330 g/mol. The SMILES string of the molecule is Cc1cccc(Cn2cccc2C2=NC(Cc3ccccc3)CO2)c1. The molecule has 1 unspecified atom stereocenters. The fourth-order valence-electron chi connectivity index (χ4n) is 3.30. The number of hydrogen-bond donors (Lipinski definition) is 0. The Morgan fingerprint density at radius 2 is 1.84 bits per heavy atom. The molecular weight excluding hydrogens is 308 g/mol. The van der Waals surface area contributed by atoms with Crippen LogP contribution in [0, 0.1) is 6.92 Å². The van der Waals surface area contributed by atoms with E-state index in [-0.39, 0.29) is 6.04 Å². The minimum Gasteiger partial charge on any atom is -0.474 e. The minimum atomic E-state index is 0.194. The van der Waals surface area contributed by atoms with Gasteiger partial charge in [-0.1, -0.05) is 60.2 Å². The Hall–Kier alpha value is -2.81. The first-order valence-corrected chi connectivity index (χ1v) is 8.73. The fourth-order valence-corrected chi connectivity index (χ4v) is 3.30. The third kappa shape index (κ3) is 3.66. The number of hydrogen-bond acceptors (Lipinski definition) is 2. The molecule has 0 amide bonds. The van der Waals surface area contributed by atoms with Gasteiger partial charge in [0.2, 0.25) is 5.90 Å². The van der Waals surface area contributed by atoms with Crippen LogP contribution in [0.5, 0.6) is 0 Å². The molecule has 0 radical (unpaired) electrons. The van der Waals surface area contributed by atoms with Gasteiger partial charge in [-0.25, -0.2) is 4.99 Å². The Balaban J connectivity index is 1.51. The predicted molar refractivity (Wildman–Crippen MR) is 101 cm³/mol. The van der Waals surface area contributed by atoms with Crippen molar-refractivity contribution < 1.29 is 4.74 Å². The topological polar surface area (TPSA) is 26.5 Å².